The van der Waals surface area contributed by atoms with Gasteiger partial charge in [0.15, 0.2) is 0 Å². The lowest BCUT2D eigenvalue weighted by atomic mass is 9.87. The highest BCUT2D eigenvalue weighted by atomic mass is 32.2. The number of fused-ring (bicyclic) bond motifs is 4. The first-order chi connectivity index (χ1) is 17.5. The summed E-state index contributed by atoms with van der Waals surface area (Å²) in [6.45, 7) is 2.00. The molecule has 5 nitrogen and oxygen atoms in total. The van der Waals surface area contributed by atoms with E-state index in [2.05, 4.69) is 17.1 Å². The van der Waals surface area contributed by atoms with Crippen molar-refractivity contribution in [1.82, 2.24) is 4.98 Å². The molecule has 6 rings (SSSR count). The van der Waals surface area contributed by atoms with Gasteiger partial charge in [-0.2, -0.15) is 0 Å². The van der Waals surface area contributed by atoms with Crippen molar-refractivity contribution in [3.05, 3.63) is 109 Å². The molecule has 2 heterocycles. The van der Waals surface area contributed by atoms with Crippen molar-refractivity contribution >= 4 is 26.6 Å². The molecule has 1 atom stereocenters. The smallest absolute Gasteiger partial charge is 0.264 e. The molecule has 0 radical (unpaired) electrons. The Morgan fingerprint density at radius 3 is 2.39 bits per heavy atom. The van der Waals surface area contributed by atoms with Crippen molar-refractivity contribution < 1.29 is 13.5 Å². The highest BCUT2D eigenvalue weighted by Gasteiger charge is 2.38. The third kappa shape index (κ3) is 3.45. The maximum absolute atomic E-state index is 14.0. The lowest BCUT2D eigenvalue weighted by molar-refractivity contribution is 0.474. The topological polar surface area (TPSA) is 70.5 Å². The number of benzene rings is 4. The molecule has 1 aliphatic heterocycles. The number of hydrogen-bond acceptors (Lipinski definition) is 4. The molecular formula is C30H24N2O3S. The Morgan fingerprint density at radius 2 is 1.58 bits per heavy atom. The molecule has 178 valence electrons. The minimum Gasteiger partial charge on any atom is -0.508 e. The summed E-state index contributed by atoms with van der Waals surface area (Å²) in [5.41, 5.74) is 6.40. The number of nitrogens with zero attached hydrogens (tertiary/aromatic N) is 2. The lowest BCUT2D eigenvalue weighted by Gasteiger charge is -2.39. The summed E-state index contributed by atoms with van der Waals surface area (Å²) in [5.74, 6) is 0.0266. The normalized spacial score (nSPS) is 14.9. The van der Waals surface area contributed by atoms with E-state index in [4.69, 9.17) is 0 Å². The second-order valence-electron chi connectivity index (χ2n) is 8.92. The average molecular weight is 493 g/mol. The van der Waals surface area contributed by atoms with Gasteiger partial charge in [0.1, 0.15) is 5.75 Å². The number of phenols is 1. The fraction of sp³-hybridized carbons (Fsp3) is 0.100. The van der Waals surface area contributed by atoms with E-state index < -0.39 is 10.0 Å². The summed E-state index contributed by atoms with van der Waals surface area (Å²) in [5, 5.41) is 10.8. The minimum atomic E-state index is -3.90. The van der Waals surface area contributed by atoms with Crippen molar-refractivity contribution in [2.45, 2.75) is 24.3 Å². The molecule has 0 spiro atoms. The van der Waals surface area contributed by atoms with Crippen molar-refractivity contribution in [3.8, 4) is 28.0 Å². The second-order valence-corrected chi connectivity index (χ2v) is 10.7. The van der Waals surface area contributed by atoms with Gasteiger partial charge in [0.25, 0.3) is 10.0 Å². The average Bonchev–Trinajstić information content (AvgIpc) is 2.92. The molecule has 1 aromatic heterocycles. The molecule has 36 heavy (non-hydrogen) atoms. The second kappa shape index (κ2) is 8.50. The van der Waals surface area contributed by atoms with Crippen molar-refractivity contribution in [1.29, 1.82) is 0 Å². The summed E-state index contributed by atoms with van der Waals surface area (Å²) in [7, 11) is -3.90. The molecule has 1 aliphatic rings. The van der Waals surface area contributed by atoms with Gasteiger partial charge >= 0.3 is 0 Å². The molecule has 6 heteroatoms. The zero-order valence-electron chi connectivity index (χ0n) is 19.7. The standard InChI is InChI=1S/C30H24N2O3S/c1-2-28-26-10-4-3-9-25(26)27-19-21(24-11-5-7-20-8-6-18-31-30(20)24)12-17-29(27)32(28)36(34,35)23-15-13-22(33)14-16-23/h3-19,28,33H,2H2,1H3. The van der Waals surface area contributed by atoms with Gasteiger partial charge in [0, 0.05) is 22.7 Å². The number of para-hydroxylation sites is 1. The largest absolute Gasteiger partial charge is 0.508 e. The predicted octanol–water partition coefficient (Wildman–Crippen LogP) is 6.93. The van der Waals surface area contributed by atoms with Crippen LogP contribution in [0.5, 0.6) is 5.75 Å². The minimum absolute atomic E-state index is 0.0266. The maximum atomic E-state index is 14.0. The molecule has 1 unspecified atom stereocenters. The summed E-state index contributed by atoms with van der Waals surface area (Å²) in [6.07, 6.45) is 2.40. The van der Waals surface area contributed by atoms with Crippen LogP contribution in [0.3, 0.4) is 0 Å². The van der Waals surface area contributed by atoms with Gasteiger partial charge in [0.05, 0.1) is 22.1 Å². The Balaban J connectivity index is 1.60. The number of rotatable bonds is 4. The molecule has 0 saturated heterocycles. The molecule has 5 aromatic rings. The fourth-order valence-corrected chi connectivity index (χ4v) is 6.91. The van der Waals surface area contributed by atoms with Gasteiger partial charge in [-0.3, -0.25) is 9.29 Å². The maximum Gasteiger partial charge on any atom is 0.264 e. The van der Waals surface area contributed by atoms with Crippen LogP contribution < -0.4 is 4.31 Å². The van der Waals surface area contributed by atoms with E-state index in [0.29, 0.717) is 12.1 Å². The summed E-state index contributed by atoms with van der Waals surface area (Å²) < 4.78 is 29.6. The lowest BCUT2D eigenvalue weighted by Crippen LogP contribution is -2.37. The SMILES string of the molecule is CCC1c2ccccc2-c2cc(-c3cccc4cccnc34)ccc2N1S(=O)(=O)c1ccc(O)cc1. The highest BCUT2D eigenvalue weighted by molar-refractivity contribution is 7.92. The number of aromatic nitrogens is 1. The van der Waals surface area contributed by atoms with Crippen LogP contribution in [0.1, 0.15) is 24.9 Å². The van der Waals surface area contributed by atoms with Crippen LogP contribution in [0.15, 0.2) is 108 Å². The van der Waals surface area contributed by atoms with Crippen molar-refractivity contribution in [2.24, 2.45) is 0 Å². The Bertz CT molecular complexity index is 1710. The first-order valence-corrected chi connectivity index (χ1v) is 13.3. The van der Waals surface area contributed by atoms with Crippen LogP contribution in [-0.2, 0) is 10.0 Å². The van der Waals surface area contributed by atoms with Gasteiger partial charge in [-0.25, -0.2) is 8.42 Å². The summed E-state index contributed by atoms with van der Waals surface area (Å²) >= 11 is 0. The molecule has 1 N–H and O–H groups in total. The van der Waals surface area contributed by atoms with Gasteiger partial charge < -0.3 is 5.11 Å². The van der Waals surface area contributed by atoms with E-state index in [1.807, 2.05) is 67.6 Å². The number of sulfonamides is 1. The van der Waals surface area contributed by atoms with E-state index in [-0.39, 0.29) is 16.7 Å². The monoisotopic (exact) mass is 492 g/mol. The molecule has 0 aliphatic carbocycles. The third-order valence-electron chi connectivity index (χ3n) is 6.85. The quantitative estimate of drug-likeness (QED) is 0.295. The van der Waals surface area contributed by atoms with E-state index in [1.54, 1.807) is 10.5 Å². The van der Waals surface area contributed by atoms with Gasteiger partial charge in [-0.1, -0.05) is 61.5 Å². The Hall–Kier alpha value is -4.16. The predicted molar refractivity (Wildman–Crippen MR) is 143 cm³/mol. The van der Waals surface area contributed by atoms with E-state index in [1.165, 1.54) is 24.3 Å². The van der Waals surface area contributed by atoms with Gasteiger partial charge in [-0.05, 0) is 65.6 Å². The van der Waals surface area contributed by atoms with Crippen LogP contribution in [0.25, 0.3) is 33.2 Å². The molecule has 0 fully saturated rings. The fourth-order valence-electron chi connectivity index (χ4n) is 5.19. The van der Waals surface area contributed by atoms with Crippen LogP contribution in [0.2, 0.25) is 0 Å². The first-order valence-electron chi connectivity index (χ1n) is 11.9. The van der Waals surface area contributed by atoms with Gasteiger partial charge in [-0.15, -0.1) is 0 Å². The van der Waals surface area contributed by atoms with Crippen LogP contribution in [-0.4, -0.2) is 18.5 Å². The van der Waals surface area contributed by atoms with Crippen molar-refractivity contribution in [2.75, 3.05) is 4.31 Å². The van der Waals surface area contributed by atoms with Crippen LogP contribution in [0, 0.1) is 0 Å². The first kappa shape index (κ1) is 22.3. The Kier molecular flexibility index (Phi) is 5.27. The zero-order chi connectivity index (χ0) is 24.9. The van der Waals surface area contributed by atoms with E-state index in [9.17, 15) is 13.5 Å². The summed E-state index contributed by atoms with van der Waals surface area (Å²) in [4.78, 5) is 4.76. The van der Waals surface area contributed by atoms with E-state index in [0.717, 1.165) is 38.7 Å². The molecule has 0 bridgehead atoms. The Labute approximate surface area is 210 Å². The number of pyridine rings is 1. The van der Waals surface area contributed by atoms with Crippen LogP contribution >= 0.6 is 0 Å². The number of anilines is 1. The molecule has 0 saturated carbocycles. The van der Waals surface area contributed by atoms with Crippen molar-refractivity contribution in [3.63, 3.8) is 0 Å². The third-order valence-corrected chi connectivity index (χ3v) is 8.69. The Morgan fingerprint density at radius 1 is 0.833 bits per heavy atom. The van der Waals surface area contributed by atoms with Crippen LogP contribution in [0.4, 0.5) is 5.69 Å². The van der Waals surface area contributed by atoms with Gasteiger partial charge in [0.2, 0.25) is 0 Å². The highest BCUT2D eigenvalue weighted by Crippen LogP contribution is 2.49. The zero-order valence-corrected chi connectivity index (χ0v) is 20.5. The van der Waals surface area contributed by atoms with E-state index >= 15 is 0 Å². The number of aromatic hydroxyl groups is 1. The number of hydrogen-bond donors (Lipinski definition) is 1. The molecule has 0 amide bonds. The number of phenolic OH excluding ortho intramolecular Hbond substituents is 1. The molecular weight excluding hydrogens is 468 g/mol. The summed E-state index contributed by atoms with van der Waals surface area (Å²) in [6, 6.07) is 29.4. The molecule has 4 aromatic carbocycles.